The predicted octanol–water partition coefficient (Wildman–Crippen LogP) is 0.400. The van der Waals surface area contributed by atoms with E-state index in [0.717, 1.165) is 10.9 Å². The number of fused-ring (bicyclic) bond motifs is 1. The van der Waals surface area contributed by atoms with Gasteiger partial charge < -0.3 is 26.2 Å². The molecule has 6 N–H and O–H groups in total. The van der Waals surface area contributed by atoms with Crippen molar-refractivity contribution in [2.45, 2.75) is 24.6 Å². The molecule has 2 amide bonds. The number of aromatic nitrogens is 1. The summed E-state index contributed by atoms with van der Waals surface area (Å²) in [4.78, 5) is 50.6. The molecule has 2 aromatic rings. The average molecular weight is 407 g/mol. The zero-order chi connectivity index (χ0) is 21.0. The van der Waals surface area contributed by atoms with E-state index in [1.165, 1.54) is 6.92 Å². The fraction of sp³-hybridized carbons (Fsp3) is 0.333. The van der Waals surface area contributed by atoms with E-state index >= 15 is 0 Å². The van der Waals surface area contributed by atoms with Gasteiger partial charge in [0.15, 0.2) is 0 Å². The Morgan fingerprint density at radius 3 is 2.36 bits per heavy atom. The van der Waals surface area contributed by atoms with Crippen molar-refractivity contribution in [3.05, 3.63) is 36.0 Å². The molecule has 2 rings (SSSR count). The number of carbonyl (C=O) groups is 4. The van der Waals surface area contributed by atoms with Crippen LogP contribution in [-0.2, 0) is 25.6 Å². The average Bonchev–Trinajstić information content (AvgIpc) is 3.02. The summed E-state index contributed by atoms with van der Waals surface area (Å²) in [6, 6.07) is 5.43. The van der Waals surface area contributed by atoms with Gasteiger partial charge in [-0.1, -0.05) is 18.2 Å². The van der Waals surface area contributed by atoms with E-state index in [1.54, 1.807) is 30.5 Å². The van der Waals surface area contributed by atoms with Gasteiger partial charge in [0.05, 0.1) is 17.1 Å². The van der Waals surface area contributed by atoms with Gasteiger partial charge in [-0.25, -0.2) is 0 Å². The van der Waals surface area contributed by atoms with Crippen LogP contribution in [-0.4, -0.2) is 50.2 Å². The van der Waals surface area contributed by atoms with E-state index in [2.05, 4.69) is 22.9 Å². The highest BCUT2D eigenvalue weighted by Gasteiger charge is 2.43. The first-order valence-electron chi connectivity index (χ1n) is 8.41. The van der Waals surface area contributed by atoms with Crippen LogP contribution in [0.5, 0.6) is 0 Å². The smallest absolute Gasteiger partial charge is 0.310 e. The number of carbonyl (C=O) groups excluding carboxylic acids is 2. The lowest BCUT2D eigenvalue weighted by molar-refractivity contribution is -0.156. The van der Waals surface area contributed by atoms with Crippen molar-refractivity contribution in [2.75, 3.05) is 0 Å². The monoisotopic (exact) mass is 407 g/mol. The second-order valence-corrected chi connectivity index (χ2v) is 7.21. The van der Waals surface area contributed by atoms with Gasteiger partial charge in [-0.15, -0.1) is 0 Å². The quantitative estimate of drug-likeness (QED) is 0.330. The van der Waals surface area contributed by atoms with E-state index in [-0.39, 0.29) is 6.42 Å². The third-order valence-electron chi connectivity index (χ3n) is 4.49. The van der Waals surface area contributed by atoms with Gasteiger partial charge in [-0.2, -0.15) is 12.6 Å². The van der Waals surface area contributed by atoms with Crippen molar-refractivity contribution >= 4 is 47.3 Å². The molecule has 0 fully saturated rings. The van der Waals surface area contributed by atoms with Crippen LogP contribution in [0.15, 0.2) is 30.5 Å². The number of carboxylic acid groups (broad SMARTS) is 2. The second-order valence-electron chi connectivity index (χ2n) is 6.44. The minimum absolute atomic E-state index is 0.174. The van der Waals surface area contributed by atoms with Crippen molar-refractivity contribution in [1.29, 1.82) is 0 Å². The molecule has 0 spiro atoms. The number of nitrogens with one attached hydrogen (secondary N) is 2. The highest BCUT2D eigenvalue weighted by atomic mass is 32.1. The number of amides is 2. The molecular weight excluding hydrogens is 386 g/mol. The van der Waals surface area contributed by atoms with Crippen molar-refractivity contribution in [3.8, 4) is 0 Å². The molecule has 10 heteroatoms. The molecule has 150 valence electrons. The molecule has 0 saturated carbocycles. The topological polar surface area (TPSA) is 163 Å². The number of H-pyrrole nitrogens is 1. The Bertz CT molecular complexity index is 910. The summed E-state index contributed by atoms with van der Waals surface area (Å²) in [7, 11) is 0. The summed E-state index contributed by atoms with van der Waals surface area (Å²) in [5, 5.41) is 21.4. The van der Waals surface area contributed by atoms with Crippen LogP contribution >= 0.6 is 12.6 Å². The molecule has 0 bridgehead atoms. The van der Waals surface area contributed by atoms with Crippen LogP contribution in [0, 0.1) is 11.8 Å². The molecular formula is C18H21N3O6S. The minimum atomic E-state index is -1.76. The van der Waals surface area contributed by atoms with Gasteiger partial charge in [0.25, 0.3) is 0 Å². The molecule has 9 nitrogen and oxygen atoms in total. The van der Waals surface area contributed by atoms with Gasteiger partial charge in [0.1, 0.15) is 6.04 Å². The fourth-order valence-electron chi connectivity index (χ4n) is 3.06. The molecule has 1 aromatic carbocycles. The number of benzene rings is 1. The molecule has 1 heterocycles. The van der Waals surface area contributed by atoms with E-state index < -0.39 is 46.9 Å². The standard InChI is InChI=1S/C18H21N3O6S/c1-8(28)16(23)21-14(15(19)22)13(18(26)27)11(17(24)25)6-9-7-20-12-5-3-2-4-10(9)12/h2-5,7-8,11,13-14,20,28H,6H2,1H3,(H2,19,22)(H,21,23)(H,24,25)(H,26,27). The molecule has 0 aliphatic carbocycles. The van der Waals surface area contributed by atoms with E-state index in [0.29, 0.717) is 5.56 Å². The number of carboxylic acids is 2. The summed E-state index contributed by atoms with van der Waals surface area (Å²) in [6.45, 7) is 1.42. The van der Waals surface area contributed by atoms with E-state index in [9.17, 15) is 29.4 Å². The lowest BCUT2D eigenvalue weighted by atomic mass is 9.81. The molecule has 0 radical (unpaired) electrons. The van der Waals surface area contributed by atoms with Gasteiger partial charge >= 0.3 is 11.9 Å². The first kappa shape index (κ1) is 21.3. The Balaban J connectivity index is 2.42. The largest absolute Gasteiger partial charge is 0.481 e. The van der Waals surface area contributed by atoms with Crippen LogP contribution in [0.2, 0.25) is 0 Å². The molecule has 4 unspecified atom stereocenters. The number of primary amides is 1. The van der Waals surface area contributed by atoms with Crippen LogP contribution in [0.4, 0.5) is 0 Å². The predicted molar refractivity (Wildman–Crippen MR) is 104 cm³/mol. The maximum absolute atomic E-state index is 11.9. The van der Waals surface area contributed by atoms with Crippen molar-refractivity contribution < 1.29 is 29.4 Å². The van der Waals surface area contributed by atoms with E-state index in [4.69, 9.17) is 5.73 Å². The fourth-order valence-corrected chi connectivity index (χ4v) is 3.14. The van der Waals surface area contributed by atoms with Gasteiger partial charge in [0.2, 0.25) is 11.8 Å². The van der Waals surface area contributed by atoms with Crippen LogP contribution in [0.3, 0.4) is 0 Å². The first-order chi connectivity index (χ1) is 13.1. The Morgan fingerprint density at radius 1 is 1.18 bits per heavy atom. The highest BCUT2D eigenvalue weighted by Crippen LogP contribution is 2.27. The SMILES string of the molecule is CC(S)C(=O)NC(C(N)=O)C(C(=O)O)C(Cc1c[nH]c2ccccc12)C(=O)O. The van der Waals surface area contributed by atoms with Gasteiger partial charge in [0, 0.05) is 17.1 Å². The lowest BCUT2D eigenvalue weighted by Gasteiger charge is -2.27. The third kappa shape index (κ3) is 4.63. The van der Waals surface area contributed by atoms with Gasteiger partial charge in [-0.3, -0.25) is 19.2 Å². The first-order valence-corrected chi connectivity index (χ1v) is 8.93. The zero-order valence-electron chi connectivity index (χ0n) is 15.0. The van der Waals surface area contributed by atoms with Crippen molar-refractivity contribution in [1.82, 2.24) is 10.3 Å². The number of para-hydroxylation sites is 1. The summed E-state index contributed by atoms with van der Waals surface area (Å²) < 4.78 is 0. The Labute approximate surface area is 165 Å². The Hall–Kier alpha value is -3.01. The molecule has 0 aliphatic heterocycles. The Kier molecular flexibility index (Phi) is 6.68. The van der Waals surface area contributed by atoms with Crippen molar-refractivity contribution in [3.63, 3.8) is 0 Å². The summed E-state index contributed by atoms with van der Waals surface area (Å²) in [6.07, 6.45) is 1.42. The molecule has 4 atom stereocenters. The van der Waals surface area contributed by atoms with Gasteiger partial charge in [-0.05, 0) is 25.0 Å². The van der Waals surface area contributed by atoms with E-state index in [1.807, 2.05) is 0 Å². The molecule has 0 saturated heterocycles. The highest BCUT2D eigenvalue weighted by molar-refractivity contribution is 7.81. The second kappa shape index (κ2) is 8.79. The normalized spacial score (nSPS) is 15.4. The van der Waals surface area contributed by atoms with Crippen molar-refractivity contribution in [2.24, 2.45) is 17.6 Å². The number of aromatic amines is 1. The molecule has 28 heavy (non-hydrogen) atoms. The number of thiol groups is 1. The van der Waals surface area contributed by atoms with Crippen LogP contribution in [0.25, 0.3) is 10.9 Å². The lowest BCUT2D eigenvalue weighted by Crippen LogP contribution is -2.56. The maximum Gasteiger partial charge on any atom is 0.310 e. The minimum Gasteiger partial charge on any atom is -0.481 e. The number of aliphatic carboxylic acids is 2. The van der Waals surface area contributed by atoms with Crippen LogP contribution in [0.1, 0.15) is 12.5 Å². The maximum atomic E-state index is 11.9. The molecule has 1 aromatic heterocycles. The zero-order valence-corrected chi connectivity index (χ0v) is 15.8. The summed E-state index contributed by atoms with van der Waals surface area (Å²) in [5.41, 5.74) is 6.62. The number of rotatable bonds is 9. The third-order valence-corrected chi connectivity index (χ3v) is 4.73. The molecule has 0 aliphatic rings. The van der Waals surface area contributed by atoms with Crippen LogP contribution < -0.4 is 11.1 Å². The Morgan fingerprint density at radius 2 is 1.82 bits per heavy atom. The summed E-state index contributed by atoms with van der Waals surface area (Å²) in [5.74, 6) is -8.11. The number of nitrogens with two attached hydrogens (primary N) is 1. The number of hydrogen-bond donors (Lipinski definition) is 6. The number of hydrogen-bond acceptors (Lipinski definition) is 5. The summed E-state index contributed by atoms with van der Waals surface area (Å²) >= 11 is 3.93.